The molecule has 0 saturated heterocycles. The van der Waals surface area contributed by atoms with E-state index in [-0.39, 0.29) is 5.69 Å². The third-order valence-electron chi connectivity index (χ3n) is 3.38. The van der Waals surface area contributed by atoms with Crippen LogP contribution in [0.15, 0.2) is 12.4 Å². The number of esters is 1. The lowest BCUT2D eigenvalue weighted by molar-refractivity contribution is 0.0593. The number of nitrogens with zero attached hydrogens (tertiary/aromatic N) is 2. The van der Waals surface area contributed by atoms with Gasteiger partial charge in [-0.3, -0.25) is 0 Å². The van der Waals surface area contributed by atoms with Crippen molar-refractivity contribution in [1.82, 2.24) is 9.97 Å². The van der Waals surface area contributed by atoms with Crippen LogP contribution in [0.4, 0.5) is 5.82 Å². The molecule has 1 rings (SSSR count). The molecule has 5 nitrogen and oxygen atoms in total. The SMILES string of the molecule is CCCCCCCCCCNc1cnc(C(=O)OC)cn1. The second-order valence-electron chi connectivity index (χ2n) is 5.18. The van der Waals surface area contributed by atoms with Crippen LogP contribution in [0.2, 0.25) is 0 Å². The predicted octanol–water partition coefficient (Wildman–Crippen LogP) is 3.82. The van der Waals surface area contributed by atoms with Crippen LogP contribution in [0.25, 0.3) is 0 Å². The number of carbonyl (C=O) groups excluding carboxylic acids is 1. The fourth-order valence-electron chi connectivity index (χ4n) is 2.10. The summed E-state index contributed by atoms with van der Waals surface area (Å²) in [6.45, 7) is 3.13. The molecule has 1 aromatic rings. The average Bonchev–Trinajstić information content (AvgIpc) is 2.53. The Hall–Kier alpha value is -1.65. The van der Waals surface area contributed by atoms with Gasteiger partial charge in [0.15, 0.2) is 5.69 Å². The zero-order valence-corrected chi connectivity index (χ0v) is 13.2. The van der Waals surface area contributed by atoms with E-state index >= 15 is 0 Å². The van der Waals surface area contributed by atoms with Gasteiger partial charge in [-0.25, -0.2) is 14.8 Å². The number of anilines is 1. The van der Waals surface area contributed by atoms with Crippen molar-refractivity contribution in [3.63, 3.8) is 0 Å². The number of hydrogen-bond donors (Lipinski definition) is 1. The molecule has 1 heterocycles. The van der Waals surface area contributed by atoms with E-state index in [1.165, 1.54) is 58.3 Å². The number of rotatable bonds is 11. The second-order valence-corrected chi connectivity index (χ2v) is 5.18. The number of nitrogens with one attached hydrogen (secondary N) is 1. The highest BCUT2D eigenvalue weighted by Gasteiger charge is 2.06. The molecular weight excluding hydrogens is 266 g/mol. The summed E-state index contributed by atoms with van der Waals surface area (Å²) in [7, 11) is 1.33. The van der Waals surface area contributed by atoms with Crippen molar-refractivity contribution in [3.05, 3.63) is 18.1 Å². The van der Waals surface area contributed by atoms with Crippen LogP contribution in [0, 0.1) is 0 Å². The monoisotopic (exact) mass is 293 g/mol. The number of unbranched alkanes of at least 4 members (excludes halogenated alkanes) is 7. The molecule has 0 aliphatic heterocycles. The Bertz CT molecular complexity index is 393. The van der Waals surface area contributed by atoms with Gasteiger partial charge < -0.3 is 10.1 Å². The van der Waals surface area contributed by atoms with Crippen LogP contribution < -0.4 is 5.32 Å². The molecule has 0 unspecified atom stereocenters. The van der Waals surface area contributed by atoms with Crippen molar-refractivity contribution in [2.24, 2.45) is 0 Å². The lowest BCUT2D eigenvalue weighted by Crippen LogP contribution is -2.08. The van der Waals surface area contributed by atoms with Crippen LogP contribution in [0.1, 0.15) is 68.8 Å². The van der Waals surface area contributed by atoms with Gasteiger partial charge in [0, 0.05) is 6.54 Å². The van der Waals surface area contributed by atoms with Crippen LogP contribution >= 0.6 is 0 Å². The summed E-state index contributed by atoms with van der Waals surface area (Å²) >= 11 is 0. The Balaban J connectivity index is 2.06. The zero-order chi connectivity index (χ0) is 15.3. The van der Waals surface area contributed by atoms with Gasteiger partial charge in [-0.2, -0.15) is 0 Å². The van der Waals surface area contributed by atoms with Crippen molar-refractivity contribution in [3.8, 4) is 0 Å². The summed E-state index contributed by atoms with van der Waals surface area (Å²) < 4.78 is 4.57. The lowest BCUT2D eigenvalue weighted by Gasteiger charge is -2.05. The molecule has 0 fully saturated rings. The Labute approximate surface area is 127 Å². The average molecular weight is 293 g/mol. The molecule has 5 heteroatoms. The van der Waals surface area contributed by atoms with E-state index in [9.17, 15) is 4.79 Å². The standard InChI is InChI=1S/C16H27N3O2/c1-3-4-5-6-7-8-9-10-11-17-15-13-18-14(12-19-15)16(20)21-2/h12-13H,3-11H2,1-2H3,(H,17,19). The van der Waals surface area contributed by atoms with Crippen molar-refractivity contribution in [2.45, 2.75) is 58.3 Å². The van der Waals surface area contributed by atoms with E-state index in [0.717, 1.165) is 13.0 Å². The normalized spacial score (nSPS) is 10.4. The molecule has 21 heavy (non-hydrogen) atoms. The molecule has 0 radical (unpaired) electrons. The molecule has 0 atom stereocenters. The van der Waals surface area contributed by atoms with E-state index in [1.54, 1.807) is 6.20 Å². The summed E-state index contributed by atoms with van der Waals surface area (Å²) in [4.78, 5) is 19.4. The van der Waals surface area contributed by atoms with Crippen LogP contribution in [-0.4, -0.2) is 29.6 Å². The van der Waals surface area contributed by atoms with Crippen molar-refractivity contribution in [2.75, 3.05) is 19.0 Å². The highest BCUT2D eigenvalue weighted by molar-refractivity contribution is 5.86. The quantitative estimate of drug-likeness (QED) is 0.496. The molecule has 0 aliphatic rings. The topological polar surface area (TPSA) is 64.1 Å². The Morgan fingerprint density at radius 3 is 2.29 bits per heavy atom. The minimum Gasteiger partial charge on any atom is -0.464 e. The Morgan fingerprint density at radius 1 is 1.05 bits per heavy atom. The summed E-state index contributed by atoms with van der Waals surface area (Å²) in [5.74, 6) is 0.239. The summed E-state index contributed by atoms with van der Waals surface area (Å²) in [6.07, 6.45) is 13.4. The first-order valence-corrected chi connectivity index (χ1v) is 7.92. The maximum Gasteiger partial charge on any atom is 0.358 e. The molecule has 0 spiro atoms. The zero-order valence-electron chi connectivity index (χ0n) is 13.2. The molecule has 0 bridgehead atoms. The van der Waals surface area contributed by atoms with Gasteiger partial charge in [0.25, 0.3) is 0 Å². The van der Waals surface area contributed by atoms with Gasteiger partial charge >= 0.3 is 5.97 Å². The van der Waals surface area contributed by atoms with E-state index in [0.29, 0.717) is 5.82 Å². The summed E-state index contributed by atoms with van der Waals surface area (Å²) in [5.41, 5.74) is 0.232. The first-order chi connectivity index (χ1) is 10.3. The Morgan fingerprint density at radius 2 is 1.71 bits per heavy atom. The smallest absolute Gasteiger partial charge is 0.358 e. The van der Waals surface area contributed by atoms with Gasteiger partial charge in [0.05, 0.1) is 19.5 Å². The van der Waals surface area contributed by atoms with Crippen LogP contribution in [0.5, 0.6) is 0 Å². The fraction of sp³-hybridized carbons (Fsp3) is 0.688. The Kier molecular flexibility index (Phi) is 9.16. The third-order valence-corrected chi connectivity index (χ3v) is 3.38. The summed E-state index contributed by atoms with van der Waals surface area (Å²) in [6, 6.07) is 0. The van der Waals surface area contributed by atoms with Gasteiger partial charge in [-0.05, 0) is 6.42 Å². The highest BCUT2D eigenvalue weighted by atomic mass is 16.5. The van der Waals surface area contributed by atoms with Gasteiger partial charge in [-0.1, -0.05) is 51.9 Å². The maximum atomic E-state index is 11.2. The first-order valence-electron chi connectivity index (χ1n) is 7.92. The first kappa shape index (κ1) is 17.4. The number of hydrogen-bond acceptors (Lipinski definition) is 5. The number of aromatic nitrogens is 2. The molecule has 0 saturated carbocycles. The third kappa shape index (κ3) is 7.63. The van der Waals surface area contributed by atoms with E-state index in [4.69, 9.17) is 0 Å². The maximum absolute atomic E-state index is 11.2. The van der Waals surface area contributed by atoms with Crippen molar-refractivity contribution in [1.29, 1.82) is 0 Å². The molecule has 1 aromatic heterocycles. The minimum absolute atomic E-state index is 0.232. The fourth-order valence-corrected chi connectivity index (χ4v) is 2.10. The summed E-state index contributed by atoms with van der Waals surface area (Å²) in [5, 5.41) is 3.21. The molecule has 0 amide bonds. The minimum atomic E-state index is -0.461. The molecule has 118 valence electrons. The largest absolute Gasteiger partial charge is 0.464 e. The van der Waals surface area contributed by atoms with Crippen molar-refractivity contribution < 1.29 is 9.53 Å². The van der Waals surface area contributed by atoms with E-state index in [2.05, 4.69) is 26.9 Å². The van der Waals surface area contributed by atoms with Crippen LogP contribution in [-0.2, 0) is 4.74 Å². The van der Waals surface area contributed by atoms with Gasteiger partial charge in [0.1, 0.15) is 5.82 Å². The van der Waals surface area contributed by atoms with Crippen LogP contribution in [0.3, 0.4) is 0 Å². The molecule has 0 aromatic carbocycles. The number of methoxy groups -OCH3 is 1. The molecule has 0 aliphatic carbocycles. The van der Waals surface area contributed by atoms with Crippen molar-refractivity contribution >= 4 is 11.8 Å². The highest BCUT2D eigenvalue weighted by Crippen LogP contribution is 2.09. The molecular formula is C16H27N3O2. The number of ether oxygens (including phenoxy) is 1. The second kappa shape index (κ2) is 11.1. The van der Waals surface area contributed by atoms with E-state index in [1.807, 2.05) is 0 Å². The van der Waals surface area contributed by atoms with Gasteiger partial charge in [-0.15, -0.1) is 0 Å². The lowest BCUT2D eigenvalue weighted by atomic mass is 10.1. The van der Waals surface area contributed by atoms with E-state index < -0.39 is 5.97 Å². The predicted molar refractivity (Wildman–Crippen MR) is 84.5 cm³/mol. The number of carbonyl (C=O) groups is 1. The van der Waals surface area contributed by atoms with Gasteiger partial charge in [0.2, 0.25) is 0 Å². The molecule has 1 N–H and O–H groups in total.